The highest BCUT2D eigenvalue weighted by atomic mass is 16.5. The number of rotatable bonds is 7. The second-order valence-corrected chi connectivity index (χ2v) is 7.28. The fourth-order valence-electron chi connectivity index (χ4n) is 3.55. The smallest absolute Gasteiger partial charge is 0.319 e. The van der Waals surface area contributed by atoms with Crippen molar-refractivity contribution in [1.29, 1.82) is 0 Å². The summed E-state index contributed by atoms with van der Waals surface area (Å²) in [6.45, 7) is 5.46. The molecule has 0 unspecified atom stereocenters. The Kier molecular flexibility index (Phi) is 6.79. The van der Waals surface area contributed by atoms with E-state index in [1.54, 1.807) is 0 Å². The number of carbonyl (C=O) groups is 1. The van der Waals surface area contributed by atoms with E-state index in [2.05, 4.69) is 15.5 Å². The van der Waals surface area contributed by atoms with Crippen molar-refractivity contribution in [3.63, 3.8) is 0 Å². The van der Waals surface area contributed by atoms with E-state index in [1.807, 2.05) is 66.7 Å². The van der Waals surface area contributed by atoms with Gasteiger partial charge in [-0.1, -0.05) is 48.5 Å². The molecule has 0 bridgehead atoms. The van der Waals surface area contributed by atoms with E-state index in [1.165, 1.54) is 0 Å². The zero-order valence-corrected chi connectivity index (χ0v) is 17.0. The highest BCUT2D eigenvalue weighted by Gasteiger charge is 2.10. The largest absolute Gasteiger partial charge is 0.492 e. The van der Waals surface area contributed by atoms with Crippen LogP contribution in [0.1, 0.15) is 5.56 Å². The second-order valence-electron chi connectivity index (χ2n) is 7.28. The Hall–Kier alpha value is -3.09. The fourth-order valence-corrected chi connectivity index (χ4v) is 3.55. The number of ether oxygens (including phenoxy) is 2. The van der Waals surface area contributed by atoms with Gasteiger partial charge < -0.3 is 20.1 Å². The number of nitrogens with zero attached hydrogens (tertiary/aromatic N) is 1. The zero-order valence-electron chi connectivity index (χ0n) is 17.0. The third-order valence-electron chi connectivity index (χ3n) is 5.17. The molecular formula is C24H27N3O3. The van der Waals surface area contributed by atoms with E-state index in [0.717, 1.165) is 60.6 Å². The van der Waals surface area contributed by atoms with Crippen LogP contribution < -0.4 is 15.4 Å². The molecule has 6 heteroatoms. The predicted molar refractivity (Wildman–Crippen MR) is 119 cm³/mol. The number of hydrogen-bond donors (Lipinski definition) is 2. The Bertz CT molecular complexity index is 981. The lowest BCUT2D eigenvalue weighted by Crippen LogP contribution is -2.38. The predicted octanol–water partition coefficient (Wildman–Crippen LogP) is 3.87. The summed E-state index contributed by atoms with van der Waals surface area (Å²) in [6, 6.07) is 21.5. The van der Waals surface area contributed by atoms with Crippen LogP contribution in [0.25, 0.3) is 10.8 Å². The van der Waals surface area contributed by atoms with E-state index in [4.69, 9.17) is 9.47 Å². The molecule has 1 saturated heterocycles. The van der Waals surface area contributed by atoms with Gasteiger partial charge in [-0.3, -0.25) is 4.90 Å². The lowest BCUT2D eigenvalue weighted by Gasteiger charge is -2.26. The van der Waals surface area contributed by atoms with Gasteiger partial charge in [0.05, 0.1) is 18.9 Å². The van der Waals surface area contributed by atoms with Gasteiger partial charge in [0, 0.05) is 31.6 Å². The average Bonchev–Trinajstić information content (AvgIpc) is 2.79. The average molecular weight is 405 g/mol. The van der Waals surface area contributed by atoms with Crippen molar-refractivity contribution in [2.45, 2.75) is 6.54 Å². The number of benzene rings is 3. The van der Waals surface area contributed by atoms with Crippen molar-refractivity contribution < 1.29 is 14.3 Å². The van der Waals surface area contributed by atoms with Crippen LogP contribution in [0, 0.1) is 0 Å². The first-order valence-corrected chi connectivity index (χ1v) is 10.3. The first-order chi connectivity index (χ1) is 14.8. The summed E-state index contributed by atoms with van der Waals surface area (Å²) in [5.41, 5.74) is 1.79. The molecule has 3 aromatic rings. The second kappa shape index (κ2) is 10.1. The summed E-state index contributed by atoms with van der Waals surface area (Å²) in [6.07, 6.45) is 0. The molecule has 156 valence electrons. The van der Waals surface area contributed by atoms with E-state index in [-0.39, 0.29) is 6.03 Å². The maximum Gasteiger partial charge on any atom is 0.319 e. The molecule has 6 nitrogen and oxygen atoms in total. The van der Waals surface area contributed by atoms with Crippen LogP contribution in [-0.2, 0) is 11.3 Å². The third kappa shape index (κ3) is 5.49. The number of morpholine rings is 1. The van der Waals surface area contributed by atoms with E-state index in [9.17, 15) is 4.79 Å². The maximum absolute atomic E-state index is 12.4. The first kappa shape index (κ1) is 20.2. The summed E-state index contributed by atoms with van der Waals surface area (Å²) >= 11 is 0. The summed E-state index contributed by atoms with van der Waals surface area (Å²) in [5.74, 6) is 0.817. The summed E-state index contributed by atoms with van der Waals surface area (Å²) in [5, 5.41) is 7.98. The number of carbonyl (C=O) groups excluding carboxylic acids is 1. The molecule has 1 fully saturated rings. The molecule has 0 saturated carbocycles. The van der Waals surface area contributed by atoms with E-state index < -0.39 is 0 Å². The molecule has 2 amide bonds. The normalized spacial score (nSPS) is 14.4. The van der Waals surface area contributed by atoms with Crippen molar-refractivity contribution in [3.8, 4) is 5.75 Å². The van der Waals surface area contributed by atoms with Crippen LogP contribution in [-0.4, -0.2) is 50.4 Å². The monoisotopic (exact) mass is 405 g/mol. The number of fused-ring (bicyclic) bond motifs is 1. The highest BCUT2D eigenvalue weighted by Crippen LogP contribution is 2.22. The molecule has 1 heterocycles. The quantitative estimate of drug-likeness (QED) is 0.626. The van der Waals surface area contributed by atoms with Crippen LogP contribution in [0.5, 0.6) is 5.75 Å². The van der Waals surface area contributed by atoms with Crippen LogP contribution in [0.15, 0.2) is 66.7 Å². The Morgan fingerprint density at radius 1 is 1.00 bits per heavy atom. The van der Waals surface area contributed by atoms with E-state index >= 15 is 0 Å². The van der Waals surface area contributed by atoms with Crippen LogP contribution in [0.2, 0.25) is 0 Å². The highest BCUT2D eigenvalue weighted by molar-refractivity contribution is 6.01. The van der Waals surface area contributed by atoms with Gasteiger partial charge in [-0.2, -0.15) is 0 Å². The molecule has 0 aliphatic carbocycles. The molecule has 0 radical (unpaired) electrons. The molecule has 3 aromatic carbocycles. The molecular weight excluding hydrogens is 378 g/mol. The number of amides is 2. The van der Waals surface area contributed by atoms with Gasteiger partial charge in [0.15, 0.2) is 0 Å². The van der Waals surface area contributed by atoms with Crippen molar-refractivity contribution in [3.05, 3.63) is 72.3 Å². The summed E-state index contributed by atoms with van der Waals surface area (Å²) < 4.78 is 11.3. The SMILES string of the molecule is O=C(NCc1cccc(OCCN2CCOCC2)c1)Nc1cccc2ccccc12. The Morgan fingerprint density at radius 3 is 2.70 bits per heavy atom. The van der Waals surface area contributed by atoms with Crippen LogP contribution in [0.3, 0.4) is 0 Å². The Balaban J connectivity index is 1.27. The lowest BCUT2D eigenvalue weighted by molar-refractivity contribution is 0.0322. The molecule has 2 N–H and O–H groups in total. The van der Waals surface area contributed by atoms with Gasteiger partial charge in [-0.15, -0.1) is 0 Å². The number of hydrogen-bond acceptors (Lipinski definition) is 4. The summed E-state index contributed by atoms with van der Waals surface area (Å²) in [7, 11) is 0. The molecule has 1 aliphatic heterocycles. The van der Waals surface area contributed by atoms with Crippen molar-refractivity contribution in [2.24, 2.45) is 0 Å². The maximum atomic E-state index is 12.4. The van der Waals surface area contributed by atoms with Gasteiger partial charge in [0.25, 0.3) is 0 Å². The first-order valence-electron chi connectivity index (χ1n) is 10.3. The number of urea groups is 1. The van der Waals surface area contributed by atoms with Crippen molar-refractivity contribution in [2.75, 3.05) is 44.8 Å². The minimum Gasteiger partial charge on any atom is -0.492 e. The molecule has 0 atom stereocenters. The van der Waals surface area contributed by atoms with Gasteiger partial charge in [-0.05, 0) is 29.1 Å². The van der Waals surface area contributed by atoms with Gasteiger partial charge in [-0.25, -0.2) is 4.79 Å². The van der Waals surface area contributed by atoms with Crippen LogP contribution >= 0.6 is 0 Å². The number of nitrogens with one attached hydrogen (secondary N) is 2. The molecule has 0 spiro atoms. The molecule has 30 heavy (non-hydrogen) atoms. The van der Waals surface area contributed by atoms with E-state index in [0.29, 0.717) is 13.2 Å². The standard InChI is InChI=1S/C24H27N3O3/c28-24(26-23-10-4-7-20-6-1-2-9-22(20)23)25-18-19-5-3-8-21(17-19)30-16-13-27-11-14-29-15-12-27/h1-10,17H,11-16,18H2,(H2,25,26,28). The van der Waals surface area contributed by atoms with Crippen molar-refractivity contribution in [1.82, 2.24) is 10.2 Å². The number of anilines is 1. The molecule has 0 aromatic heterocycles. The van der Waals surface area contributed by atoms with Gasteiger partial charge >= 0.3 is 6.03 Å². The topological polar surface area (TPSA) is 62.8 Å². The molecule has 4 rings (SSSR count). The third-order valence-corrected chi connectivity index (χ3v) is 5.17. The fraction of sp³-hybridized carbons (Fsp3) is 0.292. The molecule has 1 aliphatic rings. The zero-order chi connectivity index (χ0) is 20.6. The minimum absolute atomic E-state index is 0.231. The van der Waals surface area contributed by atoms with Gasteiger partial charge in [0.1, 0.15) is 12.4 Å². The summed E-state index contributed by atoms with van der Waals surface area (Å²) in [4.78, 5) is 14.7. The van der Waals surface area contributed by atoms with Gasteiger partial charge in [0.2, 0.25) is 0 Å². The van der Waals surface area contributed by atoms with Crippen LogP contribution in [0.4, 0.5) is 10.5 Å². The Morgan fingerprint density at radius 2 is 1.80 bits per heavy atom. The lowest BCUT2D eigenvalue weighted by atomic mass is 10.1. The van der Waals surface area contributed by atoms with Crippen molar-refractivity contribution >= 4 is 22.5 Å². The minimum atomic E-state index is -0.231. The Labute approximate surface area is 176 Å².